The van der Waals surface area contributed by atoms with E-state index in [2.05, 4.69) is 18.8 Å². The molecule has 0 aliphatic carbocycles. The van der Waals surface area contributed by atoms with Gasteiger partial charge in [0.25, 0.3) is 0 Å². The molecular weight excluding hydrogens is 405 g/mol. The molecule has 2 aromatic rings. The highest BCUT2D eigenvalue weighted by molar-refractivity contribution is 5.67. The van der Waals surface area contributed by atoms with Gasteiger partial charge in [-0.1, -0.05) is 81.2 Å². The zero-order chi connectivity index (χ0) is 23.0. The summed E-state index contributed by atoms with van der Waals surface area (Å²) in [6, 6.07) is 14.5. The van der Waals surface area contributed by atoms with E-state index in [9.17, 15) is 9.18 Å². The van der Waals surface area contributed by atoms with Crippen LogP contribution in [0.5, 0.6) is 0 Å². The fourth-order valence-corrected chi connectivity index (χ4v) is 3.34. The molecule has 0 aromatic heterocycles. The highest BCUT2D eigenvalue weighted by Crippen LogP contribution is 2.12. The van der Waals surface area contributed by atoms with Gasteiger partial charge in [0, 0.05) is 25.1 Å². The molecule has 0 fully saturated rings. The van der Waals surface area contributed by atoms with Gasteiger partial charge in [-0.05, 0) is 42.2 Å². The largest absolute Gasteiger partial charge is 0.479 e. The van der Waals surface area contributed by atoms with Gasteiger partial charge in [-0.15, -0.1) is 0 Å². The highest BCUT2D eigenvalue weighted by atomic mass is 19.1. The zero-order valence-electron chi connectivity index (χ0n) is 19.0. The van der Waals surface area contributed by atoms with Crippen LogP contribution >= 0.6 is 0 Å². The van der Waals surface area contributed by atoms with Crippen molar-refractivity contribution in [1.82, 2.24) is 5.06 Å². The first-order valence-corrected chi connectivity index (χ1v) is 11.5. The lowest BCUT2D eigenvalue weighted by Crippen LogP contribution is -2.29. The quantitative estimate of drug-likeness (QED) is 0.223. The van der Waals surface area contributed by atoms with Gasteiger partial charge in [0.15, 0.2) is 6.61 Å². The average molecular weight is 440 g/mol. The van der Waals surface area contributed by atoms with Crippen LogP contribution in [0.15, 0.2) is 48.5 Å². The number of nitrogens with zero attached hydrogens (tertiary/aromatic N) is 1. The van der Waals surface area contributed by atoms with Crippen molar-refractivity contribution in [3.63, 3.8) is 0 Å². The van der Waals surface area contributed by atoms with Gasteiger partial charge in [0.1, 0.15) is 5.82 Å². The Bertz CT molecular complexity index is 870. The maximum Gasteiger partial charge on any atom is 0.331 e. The van der Waals surface area contributed by atoms with Gasteiger partial charge < -0.3 is 5.11 Å². The van der Waals surface area contributed by atoms with Gasteiger partial charge in [-0.3, -0.25) is 4.84 Å². The van der Waals surface area contributed by atoms with E-state index in [1.54, 1.807) is 23.3 Å². The van der Waals surface area contributed by atoms with Crippen molar-refractivity contribution in [2.75, 3.05) is 13.2 Å². The fourth-order valence-electron chi connectivity index (χ4n) is 3.34. The summed E-state index contributed by atoms with van der Waals surface area (Å²) in [5.74, 6) is 5.14. The second-order valence-electron chi connectivity index (χ2n) is 7.89. The van der Waals surface area contributed by atoms with Crippen LogP contribution in [-0.4, -0.2) is 29.3 Å². The van der Waals surface area contributed by atoms with E-state index in [0.29, 0.717) is 25.1 Å². The molecule has 0 aliphatic rings. The van der Waals surface area contributed by atoms with E-state index < -0.39 is 12.6 Å². The third-order valence-corrected chi connectivity index (χ3v) is 5.16. The number of hydroxylamine groups is 2. The smallest absolute Gasteiger partial charge is 0.331 e. The van der Waals surface area contributed by atoms with Crippen molar-refractivity contribution in [2.45, 2.75) is 64.8 Å². The third-order valence-electron chi connectivity index (χ3n) is 5.16. The molecule has 0 bridgehead atoms. The van der Waals surface area contributed by atoms with Gasteiger partial charge >= 0.3 is 5.97 Å². The lowest BCUT2D eigenvalue weighted by Gasteiger charge is -2.21. The Morgan fingerprint density at radius 3 is 2.47 bits per heavy atom. The van der Waals surface area contributed by atoms with Gasteiger partial charge in [0.2, 0.25) is 0 Å². The first kappa shape index (κ1) is 25.6. The number of unbranched alkanes of at least 4 members (excludes halogenated alkanes) is 6. The van der Waals surface area contributed by atoms with E-state index in [-0.39, 0.29) is 5.82 Å². The fraction of sp³-hybridized carbons (Fsp3) is 0.444. The molecule has 0 saturated carbocycles. The Balaban J connectivity index is 1.84. The van der Waals surface area contributed by atoms with Crippen molar-refractivity contribution < 1.29 is 19.1 Å². The molecule has 2 aromatic carbocycles. The summed E-state index contributed by atoms with van der Waals surface area (Å²) < 4.78 is 13.9. The van der Waals surface area contributed by atoms with Gasteiger partial charge in [-0.2, -0.15) is 5.06 Å². The molecule has 2 rings (SSSR count). The van der Waals surface area contributed by atoms with Gasteiger partial charge in [0.05, 0.1) is 0 Å². The zero-order valence-corrected chi connectivity index (χ0v) is 19.0. The predicted octanol–water partition coefficient (Wildman–Crippen LogP) is 5.99. The van der Waals surface area contributed by atoms with E-state index >= 15 is 0 Å². The van der Waals surface area contributed by atoms with E-state index in [4.69, 9.17) is 9.94 Å². The Morgan fingerprint density at radius 2 is 1.75 bits per heavy atom. The minimum atomic E-state index is -1.04. The normalized spacial score (nSPS) is 10.7. The molecule has 0 saturated heterocycles. The number of carbonyl (C=O) groups is 1. The van der Waals surface area contributed by atoms with Crippen molar-refractivity contribution in [3.05, 3.63) is 71.0 Å². The van der Waals surface area contributed by atoms with E-state index in [0.717, 1.165) is 24.0 Å². The minimum Gasteiger partial charge on any atom is -0.479 e. The molecular formula is C27H34FNO3. The van der Waals surface area contributed by atoms with Crippen LogP contribution in [0.25, 0.3) is 0 Å². The Morgan fingerprint density at radius 1 is 1.03 bits per heavy atom. The summed E-state index contributed by atoms with van der Waals surface area (Å²) in [5, 5.41) is 10.5. The van der Waals surface area contributed by atoms with Crippen LogP contribution in [0.3, 0.4) is 0 Å². The lowest BCUT2D eigenvalue weighted by molar-refractivity contribution is -0.185. The molecule has 0 aliphatic heterocycles. The number of carboxylic acid groups (broad SMARTS) is 1. The highest BCUT2D eigenvalue weighted by Gasteiger charge is 2.11. The first-order chi connectivity index (χ1) is 15.6. The number of benzene rings is 2. The summed E-state index contributed by atoms with van der Waals surface area (Å²) in [6.45, 7) is 2.59. The number of rotatable bonds is 14. The number of aliphatic carboxylic acids is 1. The van der Waals surface area contributed by atoms with Gasteiger partial charge in [-0.25, -0.2) is 9.18 Å². The van der Waals surface area contributed by atoms with E-state index in [1.807, 2.05) is 24.3 Å². The van der Waals surface area contributed by atoms with Crippen LogP contribution in [0.4, 0.5) is 4.39 Å². The summed E-state index contributed by atoms with van der Waals surface area (Å²) >= 11 is 0. The predicted molar refractivity (Wildman–Crippen MR) is 125 cm³/mol. The third kappa shape index (κ3) is 10.6. The molecule has 0 radical (unpaired) electrons. The maximum atomic E-state index is 13.9. The number of halogens is 1. The maximum absolute atomic E-state index is 13.9. The Kier molecular flexibility index (Phi) is 12.1. The van der Waals surface area contributed by atoms with Crippen molar-refractivity contribution in [2.24, 2.45) is 0 Å². The molecule has 1 N–H and O–H groups in total. The standard InChI is InChI=1S/C27H34FNO3/c1-2-3-4-5-6-7-8-9-12-23-15-17-24(18-16-23)21-29(32-22-27(30)31)20-19-25-13-10-11-14-26(25)28/h10-11,13-18H,2-8,19-22H2,1H3,(H,30,31). The number of carboxylic acids is 1. The van der Waals surface area contributed by atoms with Crippen LogP contribution in [0, 0.1) is 17.7 Å². The molecule has 0 unspecified atom stereocenters. The van der Waals surface area contributed by atoms with Crippen molar-refractivity contribution in [1.29, 1.82) is 0 Å². The summed E-state index contributed by atoms with van der Waals surface area (Å²) in [7, 11) is 0. The Labute approximate surface area is 191 Å². The minimum absolute atomic E-state index is 0.269. The average Bonchev–Trinajstić information content (AvgIpc) is 2.79. The summed E-state index contributed by atoms with van der Waals surface area (Å²) in [5.41, 5.74) is 2.52. The van der Waals surface area contributed by atoms with Crippen LogP contribution < -0.4 is 0 Å². The molecule has 32 heavy (non-hydrogen) atoms. The summed E-state index contributed by atoms with van der Waals surface area (Å²) in [6.07, 6.45) is 8.93. The molecule has 0 amide bonds. The Hall–Kier alpha value is -2.68. The molecule has 172 valence electrons. The SMILES string of the molecule is CCCCCCCCC#Cc1ccc(CN(CCc2ccccc2F)OCC(=O)O)cc1. The monoisotopic (exact) mass is 439 g/mol. The molecule has 5 heteroatoms. The number of hydrogen-bond donors (Lipinski definition) is 1. The lowest BCUT2D eigenvalue weighted by atomic mass is 10.1. The molecule has 0 heterocycles. The van der Waals surface area contributed by atoms with Crippen LogP contribution in [-0.2, 0) is 22.6 Å². The van der Waals surface area contributed by atoms with Crippen LogP contribution in [0.2, 0.25) is 0 Å². The molecule has 0 atom stereocenters. The second kappa shape index (κ2) is 15.2. The van der Waals surface area contributed by atoms with E-state index in [1.165, 1.54) is 38.2 Å². The number of hydrogen-bond acceptors (Lipinski definition) is 3. The molecule has 0 spiro atoms. The van der Waals surface area contributed by atoms with Crippen molar-refractivity contribution >= 4 is 5.97 Å². The molecule has 4 nitrogen and oxygen atoms in total. The van der Waals surface area contributed by atoms with Crippen LogP contribution in [0.1, 0.15) is 68.6 Å². The first-order valence-electron chi connectivity index (χ1n) is 11.5. The summed E-state index contributed by atoms with van der Waals surface area (Å²) in [4.78, 5) is 16.3. The van der Waals surface area contributed by atoms with Crippen molar-refractivity contribution in [3.8, 4) is 11.8 Å². The second-order valence-corrected chi connectivity index (χ2v) is 7.89. The topological polar surface area (TPSA) is 49.8 Å².